The Balaban J connectivity index is 2.86. The molecule has 86 valence electrons. The van der Waals surface area contributed by atoms with Crippen molar-refractivity contribution in [1.29, 1.82) is 5.26 Å². The molecule has 0 N–H and O–H groups in total. The molecule has 1 aromatic rings. The van der Waals surface area contributed by atoms with E-state index in [9.17, 15) is 4.39 Å². The van der Waals surface area contributed by atoms with E-state index in [1.807, 2.05) is 6.07 Å². The van der Waals surface area contributed by atoms with Crippen LogP contribution in [-0.2, 0) is 6.54 Å². The van der Waals surface area contributed by atoms with E-state index < -0.39 is 5.82 Å². The van der Waals surface area contributed by atoms with Crippen molar-refractivity contribution in [1.82, 2.24) is 4.90 Å². The van der Waals surface area contributed by atoms with Crippen molar-refractivity contribution in [3.05, 3.63) is 35.1 Å². The number of benzene rings is 1. The molecule has 16 heavy (non-hydrogen) atoms. The molecule has 0 saturated carbocycles. The zero-order chi connectivity index (χ0) is 12.1. The maximum absolute atomic E-state index is 13.1. The van der Waals surface area contributed by atoms with Crippen molar-refractivity contribution in [3.8, 4) is 6.07 Å². The molecule has 0 aliphatic rings. The van der Waals surface area contributed by atoms with E-state index in [0.717, 1.165) is 18.7 Å². The topological polar surface area (TPSA) is 27.0 Å². The molecule has 1 rings (SSSR count). The zero-order valence-electron chi connectivity index (χ0n) is 10.00. The molecule has 0 amide bonds. The molecule has 0 fully saturated rings. The zero-order valence-corrected chi connectivity index (χ0v) is 10.00. The first-order valence-electron chi connectivity index (χ1n) is 5.51. The minimum absolute atomic E-state index is 0.123. The molecule has 3 heteroatoms. The van der Waals surface area contributed by atoms with E-state index in [-0.39, 0.29) is 5.56 Å². The second-order valence-corrected chi connectivity index (χ2v) is 4.08. The molecule has 0 aliphatic heterocycles. The van der Waals surface area contributed by atoms with E-state index in [4.69, 9.17) is 5.26 Å². The van der Waals surface area contributed by atoms with Gasteiger partial charge in [-0.25, -0.2) is 4.39 Å². The minimum Gasteiger partial charge on any atom is -0.297 e. The third kappa shape index (κ3) is 3.04. The lowest BCUT2D eigenvalue weighted by atomic mass is 10.1. The van der Waals surface area contributed by atoms with Crippen molar-refractivity contribution in [3.63, 3.8) is 0 Å². The van der Waals surface area contributed by atoms with Crippen LogP contribution in [0.15, 0.2) is 18.2 Å². The summed E-state index contributed by atoms with van der Waals surface area (Å²) in [5.74, 6) is -0.446. The molecule has 0 bridgehead atoms. The molecule has 2 nitrogen and oxygen atoms in total. The quantitative estimate of drug-likeness (QED) is 0.780. The Morgan fingerprint density at radius 1 is 1.44 bits per heavy atom. The third-order valence-electron chi connectivity index (χ3n) is 2.67. The molecule has 0 unspecified atom stereocenters. The average Bonchev–Trinajstić information content (AvgIpc) is 2.27. The molecule has 0 spiro atoms. The lowest BCUT2D eigenvalue weighted by Crippen LogP contribution is -2.29. The molecule has 0 aliphatic carbocycles. The van der Waals surface area contributed by atoms with Crippen LogP contribution in [0, 0.1) is 17.1 Å². The van der Waals surface area contributed by atoms with Crippen LogP contribution in [0.5, 0.6) is 0 Å². The second-order valence-electron chi connectivity index (χ2n) is 4.08. The van der Waals surface area contributed by atoms with Gasteiger partial charge in [-0.3, -0.25) is 4.90 Å². The SMILES string of the molecule is CCN(Cc1ccc(F)c(C#N)c1)C(C)C. The van der Waals surface area contributed by atoms with Gasteiger partial charge in [-0.15, -0.1) is 0 Å². The van der Waals surface area contributed by atoms with Gasteiger partial charge in [0.1, 0.15) is 11.9 Å². The van der Waals surface area contributed by atoms with E-state index >= 15 is 0 Å². The summed E-state index contributed by atoms with van der Waals surface area (Å²) in [6.45, 7) is 8.03. The van der Waals surface area contributed by atoms with Crippen LogP contribution < -0.4 is 0 Å². The highest BCUT2D eigenvalue weighted by Gasteiger charge is 2.09. The molecule has 0 radical (unpaired) electrons. The van der Waals surface area contributed by atoms with E-state index in [1.165, 1.54) is 6.07 Å². The van der Waals surface area contributed by atoms with Crippen molar-refractivity contribution >= 4 is 0 Å². The van der Waals surface area contributed by atoms with Crippen molar-refractivity contribution in [2.45, 2.75) is 33.4 Å². The number of nitrogens with zero attached hydrogens (tertiary/aromatic N) is 2. The first-order valence-corrected chi connectivity index (χ1v) is 5.51. The molecule has 0 atom stereocenters. The Hall–Kier alpha value is -1.40. The summed E-state index contributed by atoms with van der Waals surface area (Å²) in [5, 5.41) is 8.74. The van der Waals surface area contributed by atoms with Gasteiger partial charge in [0.05, 0.1) is 5.56 Å². The fourth-order valence-electron chi connectivity index (χ4n) is 1.65. The summed E-state index contributed by atoms with van der Waals surface area (Å²) in [6.07, 6.45) is 0. The molecule has 0 aromatic heterocycles. The van der Waals surface area contributed by atoms with Crippen molar-refractivity contribution in [2.75, 3.05) is 6.54 Å². The van der Waals surface area contributed by atoms with Gasteiger partial charge in [0.2, 0.25) is 0 Å². The van der Waals surface area contributed by atoms with Crippen LogP contribution in [0.25, 0.3) is 0 Å². The van der Waals surface area contributed by atoms with Crippen molar-refractivity contribution < 1.29 is 4.39 Å². The fraction of sp³-hybridized carbons (Fsp3) is 0.462. The molecule has 0 heterocycles. The second kappa shape index (κ2) is 5.62. The highest BCUT2D eigenvalue weighted by molar-refractivity contribution is 5.34. The normalized spacial score (nSPS) is 10.8. The highest BCUT2D eigenvalue weighted by atomic mass is 19.1. The number of hydrogen-bond donors (Lipinski definition) is 0. The number of rotatable bonds is 4. The first kappa shape index (κ1) is 12.7. The van der Waals surface area contributed by atoms with E-state index in [1.54, 1.807) is 12.1 Å². The smallest absolute Gasteiger partial charge is 0.140 e. The van der Waals surface area contributed by atoms with Gasteiger partial charge >= 0.3 is 0 Å². The van der Waals surface area contributed by atoms with Gasteiger partial charge in [0.25, 0.3) is 0 Å². The van der Waals surface area contributed by atoms with Crippen LogP contribution in [0.4, 0.5) is 4.39 Å². The number of hydrogen-bond acceptors (Lipinski definition) is 2. The first-order chi connectivity index (χ1) is 7.58. The minimum atomic E-state index is -0.446. The Bertz CT molecular complexity index is 393. The Morgan fingerprint density at radius 2 is 2.12 bits per heavy atom. The Labute approximate surface area is 96.3 Å². The van der Waals surface area contributed by atoms with Gasteiger partial charge in [-0.2, -0.15) is 5.26 Å². The van der Waals surface area contributed by atoms with Gasteiger partial charge in [-0.1, -0.05) is 13.0 Å². The van der Waals surface area contributed by atoms with Gasteiger partial charge < -0.3 is 0 Å². The summed E-state index contributed by atoms with van der Waals surface area (Å²) in [7, 11) is 0. The predicted molar refractivity (Wildman–Crippen MR) is 62.3 cm³/mol. The monoisotopic (exact) mass is 220 g/mol. The maximum Gasteiger partial charge on any atom is 0.140 e. The predicted octanol–water partition coefficient (Wildman–Crippen LogP) is 2.93. The van der Waals surface area contributed by atoms with Crippen molar-refractivity contribution in [2.24, 2.45) is 0 Å². The standard InChI is InChI=1S/C13H17FN2/c1-4-16(10(2)3)9-11-5-6-13(14)12(7-11)8-15/h5-7,10H,4,9H2,1-3H3. The van der Waals surface area contributed by atoms with Gasteiger partial charge in [-0.05, 0) is 38.1 Å². The fourth-order valence-corrected chi connectivity index (χ4v) is 1.65. The Morgan fingerprint density at radius 3 is 2.62 bits per heavy atom. The lowest BCUT2D eigenvalue weighted by Gasteiger charge is -2.24. The van der Waals surface area contributed by atoms with Gasteiger partial charge in [0, 0.05) is 12.6 Å². The van der Waals surface area contributed by atoms with Crippen LogP contribution in [0.2, 0.25) is 0 Å². The van der Waals surface area contributed by atoms with Crippen LogP contribution in [-0.4, -0.2) is 17.5 Å². The van der Waals surface area contributed by atoms with Crippen LogP contribution >= 0.6 is 0 Å². The largest absolute Gasteiger partial charge is 0.297 e. The molecule has 1 aromatic carbocycles. The van der Waals surface area contributed by atoms with Crippen LogP contribution in [0.3, 0.4) is 0 Å². The van der Waals surface area contributed by atoms with Gasteiger partial charge in [0.15, 0.2) is 0 Å². The van der Waals surface area contributed by atoms with Crippen LogP contribution in [0.1, 0.15) is 31.9 Å². The van der Waals surface area contributed by atoms with E-state index in [0.29, 0.717) is 6.04 Å². The summed E-state index contributed by atoms with van der Waals surface area (Å²) in [6, 6.07) is 7.03. The van der Waals surface area contributed by atoms with E-state index in [2.05, 4.69) is 25.7 Å². The molecular formula is C13H17FN2. The third-order valence-corrected chi connectivity index (χ3v) is 2.67. The summed E-state index contributed by atoms with van der Waals surface area (Å²) < 4.78 is 13.1. The maximum atomic E-state index is 13.1. The number of halogens is 1. The molecular weight excluding hydrogens is 203 g/mol. The summed E-state index contributed by atoms with van der Waals surface area (Å²) >= 11 is 0. The molecule has 0 saturated heterocycles. The Kier molecular flexibility index (Phi) is 4.45. The average molecular weight is 220 g/mol. The summed E-state index contributed by atoms with van der Waals surface area (Å²) in [5.41, 5.74) is 1.10. The lowest BCUT2D eigenvalue weighted by molar-refractivity contribution is 0.225. The number of nitriles is 1. The summed E-state index contributed by atoms with van der Waals surface area (Å²) in [4.78, 5) is 2.26. The highest BCUT2D eigenvalue weighted by Crippen LogP contribution is 2.13.